The summed E-state index contributed by atoms with van der Waals surface area (Å²) in [4.78, 5) is 0. The highest BCUT2D eigenvalue weighted by molar-refractivity contribution is 5.24. The molecular weight excluding hydrogens is 108 g/mol. The fourth-order valence-electron chi connectivity index (χ4n) is 1.57. The molecule has 0 heterocycles. The zero-order valence-electron chi connectivity index (χ0n) is 6.70. The standard InChI is InChI=1S/C9H16/c1-4-5-9-6-7(2)8(9)3/h9H,4-6H2,1-3H3. The molecule has 9 heavy (non-hydrogen) atoms. The molecule has 0 saturated heterocycles. The maximum Gasteiger partial charge on any atom is -0.0166 e. The van der Waals surface area contributed by atoms with Crippen molar-refractivity contribution in [3.63, 3.8) is 0 Å². The van der Waals surface area contributed by atoms with Crippen molar-refractivity contribution in [2.24, 2.45) is 5.92 Å². The Hall–Kier alpha value is -0.260. The van der Waals surface area contributed by atoms with E-state index in [1.165, 1.54) is 19.3 Å². The summed E-state index contributed by atoms with van der Waals surface area (Å²) < 4.78 is 0. The van der Waals surface area contributed by atoms with E-state index in [0.717, 1.165) is 5.92 Å². The molecule has 0 aromatic heterocycles. The highest BCUT2D eigenvalue weighted by Gasteiger charge is 2.21. The Balaban J connectivity index is 2.37. The molecule has 0 N–H and O–H groups in total. The lowest BCUT2D eigenvalue weighted by atomic mass is 9.77. The van der Waals surface area contributed by atoms with Crippen LogP contribution in [-0.4, -0.2) is 0 Å². The van der Waals surface area contributed by atoms with E-state index in [0.29, 0.717) is 0 Å². The Kier molecular flexibility index (Phi) is 1.94. The van der Waals surface area contributed by atoms with Crippen molar-refractivity contribution in [1.82, 2.24) is 0 Å². The van der Waals surface area contributed by atoms with Crippen LogP contribution in [0.4, 0.5) is 0 Å². The molecule has 0 heteroatoms. The Bertz CT molecular complexity index is 131. The van der Waals surface area contributed by atoms with E-state index in [2.05, 4.69) is 20.8 Å². The molecule has 0 aromatic carbocycles. The van der Waals surface area contributed by atoms with Gasteiger partial charge in [0.25, 0.3) is 0 Å². The van der Waals surface area contributed by atoms with Crippen LogP contribution < -0.4 is 0 Å². The van der Waals surface area contributed by atoms with Crippen molar-refractivity contribution in [2.45, 2.75) is 40.0 Å². The summed E-state index contributed by atoms with van der Waals surface area (Å²) in [5.74, 6) is 0.954. The molecule has 52 valence electrons. The number of rotatable bonds is 2. The maximum absolute atomic E-state index is 2.28. The van der Waals surface area contributed by atoms with Crippen LogP contribution in [0.3, 0.4) is 0 Å². The van der Waals surface area contributed by atoms with Crippen LogP contribution in [0.2, 0.25) is 0 Å². The van der Waals surface area contributed by atoms with E-state index < -0.39 is 0 Å². The molecule has 0 nitrogen and oxygen atoms in total. The molecule has 0 bridgehead atoms. The van der Waals surface area contributed by atoms with Gasteiger partial charge >= 0.3 is 0 Å². The van der Waals surface area contributed by atoms with Crippen molar-refractivity contribution in [3.8, 4) is 0 Å². The molecule has 1 unspecified atom stereocenters. The molecule has 1 aliphatic carbocycles. The third-order valence-electron chi connectivity index (χ3n) is 2.48. The minimum atomic E-state index is 0.954. The quantitative estimate of drug-likeness (QED) is 0.496. The van der Waals surface area contributed by atoms with Gasteiger partial charge in [-0.05, 0) is 32.6 Å². The second-order valence-electron chi connectivity index (χ2n) is 3.15. The van der Waals surface area contributed by atoms with Gasteiger partial charge in [-0.2, -0.15) is 0 Å². The molecule has 0 saturated carbocycles. The summed E-state index contributed by atoms with van der Waals surface area (Å²) in [6, 6.07) is 0. The Morgan fingerprint density at radius 3 is 2.44 bits per heavy atom. The summed E-state index contributed by atoms with van der Waals surface area (Å²) in [5.41, 5.74) is 3.30. The Labute approximate surface area is 58.0 Å². The average Bonchev–Trinajstić information content (AvgIpc) is 1.88. The smallest absolute Gasteiger partial charge is 0.0166 e. The summed E-state index contributed by atoms with van der Waals surface area (Å²) >= 11 is 0. The van der Waals surface area contributed by atoms with E-state index in [1.54, 1.807) is 11.1 Å². The molecule has 0 fully saturated rings. The molecule has 0 aromatic rings. The van der Waals surface area contributed by atoms with Gasteiger partial charge in [0.2, 0.25) is 0 Å². The van der Waals surface area contributed by atoms with E-state index in [4.69, 9.17) is 0 Å². The van der Waals surface area contributed by atoms with Gasteiger partial charge in [0, 0.05) is 0 Å². The zero-order valence-corrected chi connectivity index (χ0v) is 6.70. The second kappa shape index (κ2) is 2.55. The van der Waals surface area contributed by atoms with Crippen LogP contribution in [-0.2, 0) is 0 Å². The SMILES string of the molecule is CCCC1CC(C)=C1C. The summed E-state index contributed by atoms with van der Waals surface area (Å²) in [6.45, 7) is 6.79. The van der Waals surface area contributed by atoms with Gasteiger partial charge in [0.1, 0.15) is 0 Å². The van der Waals surface area contributed by atoms with Gasteiger partial charge in [0.15, 0.2) is 0 Å². The van der Waals surface area contributed by atoms with Crippen molar-refractivity contribution in [2.75, 3.05) is 0 Å². The lowest BCUT2D eigenvalue weighted by molar-refractivity contribution is 0.485. The van der Waals surface area contributed by atoms with Crippen molar-refractivity contribution in [1.29, 1.82) is 0 Å². The third-order valence-corrected chi connectivity index (χ3v) is 2.48. The van der Waals surface area contributed by atoms with Crippen molar-refractivity contribution < 1.29 is 0 Å². The summed E-state index contributed by atoms with van der Waals surface area (Å²) in [7, 11) is 0. The van der Waals surface area contributed by atoms with Crippen LogP contribution in [0.25, 0.3) is 0 Å². The molecule has 0 amide bonds. The maximum atomic E-state index is 2.28. The van der Waals surface area contributed by atoms with Gasteiger partial charge < -0.3 is 0 Å². The van der Waals surface area contributed by atoms with E-state index in [9.17, 15) is 0 Å². The lowest BCUT2D eigenvalue weighted by Gasteiger charge is -2.29. The normalized spacial score (nSPS) is 26.3. The first-order chi connectivity index (χ1) is 4.25. The first kappa shape index (κ1) is 6.85. The van der Waals surface area contributed by atoms with Crippen LogP contribution >= 0.6 is 0 Å². The molecule has 0 radical (unpaired) electrons. The Morgan fingerprint density at radius 2 is 2.11 bits per heavy atom. The highest BCUT2D eigenvalue weighted by Crippen LogP contribution is 2.36. The predicted octanol–water partition coefficient (Wildman–Crippen LogP) is 3.14. The van der Waals surface area contributed by atoms with E-state index >= 15 is 0 Å². The summed E-state index contributed by atoms with van der Waals surface area (Å²) in [5, 5.41) is 0. The van der Waals surface area contributed by atoms with E-state index in [-0.39, 0.29) is 0 Å². The van der Waals surface area contributed by atoms with Crippen molar-refractivity contribution in [3.05, 3.63) is 11.1 Å². The molecule has 1 atom stereocenters. The minimum absolute atomic E-state index is 0.954. The molecular formula is C9H16. The largest absolute Gasteiger partial charge is 0.0735 e. The molecule has 1 aliphatic rings. The van der Waals surface area contributed by atoms with Crippen LogP contribution in [0, 0.1) is 5.92 Å². The third kappa shape index (κ3) is 1.17. The topological polar surface area (TPSA) is 0 Å². The molecule has 0 spiro atoms. The predicted molar refractivity (Wildman–Crippen MR) is 41.4 cm³/mol. The van der Waals surface area contributed by atoms with Crippen LogP contribution in [0.15, 0.2) is 11.1 Å². The second-order valence-corrected chi connectivity index (χ2v) is 3.15. The first-order valence-corrected chi connectivity index (χ1v) is 3.92. The molecule has 0 aliphatic heterocycles. The zero-order chi connectivity index (χ0) is 6.85. The van der Waals surface area contributed by atoms with Crippen molar-refractivity contribution >= 4 is 0 Å². The number of hydrogen-bond donors (Lipinski definition) is 0. The fraction of sp³-hybridized carbons (Fsp3) is 0.778. The molecule has 1 rings (SSSR count). The van der Waals surface area contributed by atoms with E-state index in [1.807, 2.05) is 0 Å². The number of hydrogen-bond acceptors (Lipinski definition) is 0. The minimum Gasteiger partial charge on any atom is -0.0735 e. The highest BCUT2D eigenvalue weighted by atomic mass is 14.3. The fourth-order valence-corrected chi connectivity index (χ4v) is 1.57. The van der Waals surface area contributed by atoms with Crippen LogP contribution in [0.5, 0.6) is 0 Å². The lowest BCUT2D eigenvalue weighted by Crippen LogP contribution is -2.14. The summed E-state index contributed by atoms with van der Waals surface area (Å²) in [6.07, 6.45) is 4.12. The average molecular weight is 124 g/mol. The first-order valence-electron chi connectivity index (χ1n) is 3.92. The Morgan fingerprint density at radius 1 is 1.44 bits per heavy atom. The van der Waals surface area contributed by atoms with Gasteiger partial charge in [-0.3, -0.25) is 0 Å². The van der Waals surface area contributed by atoms with Gasteiger partial charge in [-0.15, -0.1) is 0 Å². The van der Waals surface area contributed by atoms with Gasteiger partial charge in [-0.1, -0.05) is 24.5 Å². The van der Waals surface area contributed by atoms with Gasteiger partial charge in [-0.25, -0.2) is 0 Å². The number of allylic oxidation sites excluding steroid dienone is 2. The monoisotopic (exact) mass is 124 g/mol. The van der Waals surface area contributed by atoms with Gasteiger partial charge in [0.05, 0.1) is 0 Å². The van der Waals surface area contributed by atoms with Crippen LogP contribution in [0.1, 0.15) is 40.0 Å².